The van der Waals surface area contributed by atoms with Crippen molar-refractivity contribution in [2.45, 2.75) is 38.8 Å². The smallest absolute Gasteiger partial charge is 0.307 e. The SMILES string of the molecule is CC1CC(C(=O)O)CN(Cc2ccc(OCC3CCCO3)cc2)C1. The van der Waals surface area contributed by atoms with Gasteiger partial charge in [-0.05, 0) is 42.9 Å². The van der Waals surface area contributed by atoms with Gasteiger partial charge in [0, 0.05) is 26.2 Å². The standard InChI is InChI=1S/C19H27NO4/c1-14-9-16(19(21)22)12-20(10-14)11-15-4-6-17(7-5-15)24-13-18-3-2-8-23-18/h4-7,14,16,18H,2-3,8-13H2,1H3,(H,21,22). The van der Waals surface area contributed by atoms with E-state index in [0.717, 1.165) is 44.7 Å². The molecule has 0 bridgehead atoms. The van der Waals surface area contributed by atoms with Gasteiger partial charge < -0.3 is 14.6 Å². The van der Waals surface area contributed by atoms with Crippen LogP contribution in [0.4, 0.5) is 0 Å². The van der Waals surface area contributed by atoms with Crippen LogP contribution in [-0.4, -0.2) is 48.4 Å². The second-order valence-corrected chi connectivity index (χ2v) is 7.16. The molecule has 3 unspecified atom stereocenters. The Hall–Kier alpha value is -1.59. The van der Waals surface area contributed by atoms with Gasteiger partial charge in [-0.2, -0.15) is 0 Å². The number of benzene rings is 1. The fourth-order valence-corrected chi connectivity index (χ4v) is 3.68. The maximum absolute atomic E-state index is 11.3. The Morgan fingerprint density at radius 1 is 1.33 bits per heavy atom. The van der Waals surface area contributed by atoms with Crippen LogP contribution < -0.4 is 4.74 Å². The highest BCUT2D eigenvalue weighted by molar-refractivity contribution is 5.70. The molecule has 2 heterocycles. The summed E-state index contributed by atoms with van der Waals surface area (Å²) in [5.41, 5.74) is 1.19. The molecule has 0 spiro atoms. The van der Waals surface area contributed by atoms with E-state index in [1.165, 1.54) is 5.56 Å². The number of ether oxygens (including phenoxy) is 2. The zero-order chi connectivity index (χ0) is 16.9. The van der Waals surface area contributed by atoms with Crippen LogP contribution in [0.3, 0.4) is 0 Å². The molecule has 132 valence electrons. The largest absolute Gasteiger partial charge is 0.491 e. The minimum Gasteiger partial charge on any atom is -0.491 e. The lowest BCUT2D eigenvalue weighted by molar-refractivity contribution is -0.144. The van der Waals surface area contributed by atoms with E-state index >= 15 is 0 Å². The molecular formula is C19H27NO4. The molecular weight excluding hydrogens is 306 g/mol. The number of likely N-dealkylation sites (tertiary alicyclic amines) is 1. The van der Waals surface area contributed by atoms with E-state index in [4.69, 9.17) is 9.47 Å². The Morgan fingerprint density at radius 2 is 2.12 bits per heavy atom. The van der Waals surface area contributed by atoms with E-state index in [1.807, 2.05) is 12.1 Å². The van der Waals surface area contributed by atoms with E-state index < -0.39 is 5.97 Å². The Kier molecular flexibility index (Phi) is 5.74. The highest BCUT2D eigenvalue weighted by Crippen LogP contribution is 2.24. The number of carbonyl (C=O) groups is 1. The predicted molar refractivity (Wildman–Crippen MR) is 91.1 cm³/mol. The van der Waals surface area contributed by atoms with E-state index in [2.05, 4.69) is 24.0 Å². The lowest BCUT2D eigenvalue weighted by Crippen LogP contribution is -2.41. The molecule has 5 heteroatoms. The summed E-state index contributed by atoms with van der Waals surface area (Å²) in [5, 5.41) is 9.27. The molecule has 1 aromatic carbocycles. The molecule has 0 aromatic heterocycles. The van der Waals surface area contributed by atoms with Crippen LogP contribution in [0.2, 0.25) is 0 Å². The molecule has 3 atom stereocenters. The lowest BCUT2D eigenvalue weighted by Gasteiger charge is -2.34. The molecule has 1 N–H and O–H groups in total. The summed E-state index contributed by atoms with van der Waals surface area (Å²) >= 11 is 0. The van der Waals surface area contributed by atoms with E-state index in [0.29, 0.717) is 19.1 Å². The Balaban J connectivity index is 1.50. The number of rotatable bonds is 6. The normalized spacial score (nSPS) is 28.0. The molecule has 0 amide bonds. The summed E-state index contributed by atoms with van der Waals surface area (Å²) < 4.78 is 11.3. The summed E-state index contributed by atoms with van der Waals surface area (Å²) in [5.74, 6) is 0.366. The molecule has 2 fully saturated rings. The molecule has 0 aliphatic carbocycles. The van der Waals surface area contributed by atoms with Gasteiger partial charge in [0.15, 0.2) is 0 Å². The van der Waals surface area contributed by atoms with E-state index in [-0.39, 0.29) is 12.0 Å². The topological polar surface area (TPSA) is 59.0 Å². The number of hydrogen-bond donors (Lipinski definition) is 1. The molecule has 5 nitrogen and oxygen atoms in total. The molecule has 24 heavy (non-hydrogen) atoms. The fraction of sp³-hybridized carbons (Fsp3) is 0.632. The molecule has 0 saturated carbocycles. The van der Waals surface area contributed by atoms with Crippen LogP contribution in [0.15, 0.2) is 24.3 Å². The van der Waals surface area contributed by atoms with Gasteiger partial charge in [0.2, 0.25) is 0 Å². The van der Waals surface area contributed by atoms with Gasteiger partial charge >= 0.3 is 5.97 Å². The van der Waals surface area contributed by atoms with Crippen molar-refractivity contribution in [1.29, 1.82) is 0 Å². The average Bonchev–Trinajstić information content (AvgIpc) is 3.07. The molecule has 2 aliphatic heterocycles. The van der Waals surface area contributed by atoms with Gasteiger partial charge in [-0.3, -0.25) is 9.69 Å². The summed E-state index contributed by atoms with van der Waals surface area (Å²) in [6, 6.07) is 8.12. The zero-order valence-corrected chi connectivity index (χ0v) is 14.3. The number of nitrogens with zero attached hydrogens (tertiary/aromatic N) is 1. The number of hydrogen-bond acceptors (Lipinski definition) is 4. The minimum atomic E-state index is -0.676. The minimum absolute atomic E-state index is 0.229. The summed E-state index contributed by atoms with van der Waals surface area (Å²) in [4.78, 5) is 13.5. The molecule has 2 aliphatic rings. The van der Waals surface area contributed by atoms with Crippen molar-refractivity contribution in [3.63, 3.8) is 0 Å². The summed E-state index contributed by atoms with van der Waals surface area (Å²) in [6.45, 7) is 5.98. The Morgan fingerprint density at radius 3 is 2.79 bits per heavy atom. The molecule has 2 saturated heterocycles. The van der Waals surface area contributed by atoms with Crippen LogP contribution in [-0.2, 0) is 16.1 Å². The second-order valence-electron chi connectivity index (χ2n) is 7.16. The van der Waals surface area contributed by atoms with Crippen LogP contribution in [0, 0.1) is 11.8 Å². The third kappa shape index (κ3) is 4.71. The van der Waals surface area contributed by atoms with Crippen LogP contribution in [0.5, 0.6) is 5.75 Å². The molecule has 3 rings (SSSR count). The highest BCUT2D eigenvalue weighted by Gasteiger charge is 2.29. The van der Waals surface area contributed by atoms with Gasteiger partial charge in [0.1, 0.15) is 12.4 Å². The van der Waals surface area contributed by atoms with Crippen molar-refractivity contribution >= 4 is 5.97 Å². The summed E-state index contributed by atoms with van der Waals surface area (Å²) in [6.07, 6.45) is 3.21. The van der Waals surface area contributed by atoms with Crippen molar-refractivity contribution in [1.82, 2.24) is 4.90 Å². The lowest BCUT2D eigenvalue weighted by atomic mass is 9.90. The highest BCUT2D eigenvalue weighted by atomic mass is 16.5. The van der Waals surface area contributed by atoms with Crippen molar-refractivity contribution in [2.24, 2.45) is 11.8 Å². The monoisotopic (exact) mass is 333 g/mol. The predicted octanol–water partition coefficient (Wildman–Crippen LogP) is 2.79. The Labute approximate surface area is 143 Å². The maximum Gasteiger partial charge on any atom is 0.307 e. The number of piperidine rings is 1. The number of aliphatic carboxylic acids is 1. The third-order valence-electron chi connectivity index (χ3n) is 4.87. The van der Waals surface area contributed by atoms with Crippen LogP contribution in [0.25, 0.3) is 0 Å². The first kappa shape index (κ1) is 17.2. The molecule has 0 radical (unpaired) electrons. The van der Waals surface area contributed by atoms with Crippen LogP contribution in [0.1, 0.15) is 31.7 Å². The van der Waals surface area contributed by atoms with Crippen molar-refractivity contribution in [3.8, 4) is 5.75 Å². The van der Waals surface area contributed by atoms with Crippen LogP contribution >= 0.6 is 0 Å². The van der Waals surface area contributed by atoms with Crippen molar-refractivity contribution < 1.29 is 19.4 Å². The Bertz CT molecular complexity index is 539. The number of carboxylic acids is 1. The van der Waals surface area contributed by atoms with E-state index in [9.17, 15) is 9.90 Å². The fourth-order valence-electron chi connectivity index (χ4n) is 3.68. The van der Waals surface area contributed by atoms with Gasteiger partial charge in [0.05, 0.1) is 12.0 Å². The van der Waals surface area contributed by atoms with Gasteiger partial charge in [-0.15, -0.1) is 0 Å². The van der Waals surface area contributed by atoms with Gasteiger partial charge in [-0.1, -0.05) is 19.1 Å². The number of carboxylic acid groups (broad SMARTS) is 1. The van der Waals surface area contributed by atoms with Gasteiger partial charge in [-0.25, -0.2) is 0 Å². The second kappa shape index (κ2) is 7.99. The first-order valence-corrected chi connectivity index (χ1v) is 8.88. The maximum atomic E-state index is 11.3. The average molecular weight is 333 g/mol. The first-order chi connectivity index (χ1) is 11.6. The zero-order valence-electron chi connectivity index (χ0n) is 14.3. The summed E-state index contributed by atoms with van der Waals surface area (Å²) in [7, 11) is 0. The van der Waals surface area contributed by atoms with Crippen molar-refractivity contribution in [2.75, 3.05) is 26.3 Å². The molecule has 1 aromatic rings. The van der Waals surface area contributed by atoms with Crippen molar-refractivity contribution in [3.05, 3.63) is 29.8 Å². The van der Waals surface area contributed by atoms with Gasteiger partial charge in [0.25, 0.3) is 0 Å². The third-order valence-corrected chi connectivity index (χ3v) is 4.87. The quantitative estimate of drug-likeness (QED) is 0.867. The first-order valence-electron chi connectivity index (χ1n) is 8.88. The van der Waals surface area contributed by atoms with E-state index in [1.54, 1.807) is 0 Å².